The van der Waals surface area contributed by atoms with Crippen molar-refractivity contribution in [2.75, 3.05) is 5.01 Å². The zero-order valence-corrected chi connectivity index (χ0v) is 12.7. The van der Waals surface area contributed by atoms with E-state index in [1.807, 2.05) is 30.3 Å². The number of pyridine rings is 1. The smallest absolute Gasteiger partial charge is 0.244 e. The van der Waals surface area contributed by atoms with E-state index in [9.17, 15) is 4.79 Å². The molecule has 1 heterocycles. The minimum atomic E-state index is 0.0678. The van der Waals surface area contributed by atoms with Crippen molar-refractivity contribution in [2.45, 2.75) is 38.5 Å². The van der Waals surface area contributed by atoms with Crippen LogP contribution in [-0.2, 0) is 4.79 Å². The first kappa shape index (κ1) is 13.7. The number of aromatic nitrogens is 1. The van der Waals surface area contributed by atoms with E-state index >= 15 is 0 Å². The van der Waals surface area contributed by atoms with Gasteiger partial charge in [0.25, 0.3) is 0 Å². The number of fused-ring (bicyclic) bond motifs is 1. The fourth-order valence-electron chi connectivity index (χ4n) is 4.09. The van der Waals surface area contributed by atoms with E-state index < -0.39 is 0 Å². The molecule has 0 bridgehead atoms. The van der Waals surface area contributed by atoms with Crippen molar-refractivity contribution in [3.63, 3.8) is 0 Å². The second kappa shape index (κ2) is 5.06. The monoisotopic (exact) mass is 295 g/mol. The first-order chi connectivity index (χ1) is 10.7. The Morgan fingerprint density at radius 2 is 2.00 bits per heavy atom. The van der Waals surface area contributed by atoms with Crippen LogP contribution in [0.3, 0.4) is 0 Å². The number of benzene rings is 1. The third-order valence-corrected chi connectivity index (χ3v) is 5.46. The summed E-state index contributed by atoms with van der Waals surface area (Å²) >= 11 is 0. The molecule has 4 nitrogen and oxygen atoms in total. The highest BCUT2D eigenvalue weighted by Gasteiger charge is 2.58. The van der Waals surface area contributed by atoms with E-state index in [0.717, 1.165) is 23.0 Å². The van der Waals surface area contributed by atoms with Gasteiger partial charge in [-0.05, 0) is 48.9 Å². The molecule has 1 spiro atoms. The van der Waals surface area contributed by atoms with E-state index in [2.05, 4.69) is 4.98 Å². The molecule has 4 rings (SSSR count). The molecule has 1 aromatic carbocycles. The summed E-state index contributed by atoms with van der Waals surface area (Å²) in [5, 5.41) is 2.29. The van der Waals surface area contributed by atoms with E-state index in [4.69, 9.17) is 5.84 Å². The van der Waals surface area contributed by atoms with Crippen molar-refractivity contribution in [1.29, 1.82) is 0 Å². The Morgan fingerprint density at radius 1 is 1.18 bits per heavy atom. The number of carbonyl (C=O) groups is 1. The number of anilines is 1. The van der Waals surface area contributed by atoms with Gasteiger partial charge >= 0.3 is 0 Å². The Hall–Kier alpha value is -1.94. The number of carbonyl (C=O) groups excluding carboxylic acids is 1. The van der Waals surface area contributed by atoms with Crippen molar-refractivity contribution < 1.29 is 4.79 Å². The first-order valence-corrected chi connectivity index (χ1v) is 8.14. The number of hydrogen-bond acceptors (Lipinski definition) is 3. The highest BCUT2D eigenvalue weighted by atomic mass is 16.2. The van der Waals surface area contributed by atoms with Crippen molar-refractivity contribution in [2.24, 2.45) is 17.2 Å². The molecule has 2 aliphatic rings. The lowest BCUT2D eigenvalue weighted by Crippen LogP contribution is -2.40. The molecule has 1 amide bonds. The number of nitrogens with two attached hydrogens (primary N) is 1. The molecule has 2 saturated carbocycles. The summed E-state index contributed by atoms with van der Waals surface area (Å²) in [6, 6.07) is 9.59. The molecule has 22 heavy (non-hydrogen) atoms. The van der Waals surface area contributed by atoms with Gasteiger partial charge in [0.15, 0.2) is 0 Å². The summed E-state index contributed by atoms with van der Waals surface area (Å²) in [6.45, 7) is 0. The Bertz CT molecular complexity index is 716. The fraction of sp³-hybridized carbons (Fsp3) is 0.444. The second-order valence-corrected chi connectivity index (χ2v) is 6.74. The molecule has 2 aromatic rings. The maximum atomic E-state index is 12.8. The number of rotatable bonds is 2. The van der Waals surface area contributed by atoms with Gasteiger partial charge in [-0.25, -0.2) is 10.9 Å². The van der Waals surface area contributed by atoms with Crippen LogP contribution in [0, 0.1) is 11.3 Å². The van der Waals surface area contributed by atoms with Crippen LogP contribution in [0.1, 0.15) is 38.5 Å². The number of amides is 1. The molecule has 0 saturated heterocycles. The minimum absolute atomic E-state index is 0.0678. The summed E-state index contributed by atoms with van der Waals surface area (Å²) in [6.07, 6.45) is 8.97. The topological polar surface area (TPSA) is 59.2 Å². The largest absolute Gasteiger partial charge is 0.273 e. The molecular weight excluding hydrogens is 274 g/mol. The van der Waals surface area contributed by atoms with Gasteiger partial charge < -0.3 is 0 Å². The van der Waals surface area contributed by atoms with Gasteiger partial charge in [-0.1, -0.05) is 25.3 Å². The third kappa shape index (κ3) is 2.10. The maximum Gasteiger partial charge on any atom is 0.244 e. The molecule has 0 radical (unpaired) electrons. The molecule has 1 aromatic heterocycles. The molecule has 2 N–H and O–H groups in total. The average Bonchev–Trinajstić information content (AvgIpc) is 3.26. The van der Waals surface area contributed by atoms with Crippen LogP contribution < -0.4 is 10.9 Å². The number of hydrogen-bond donors (Lipinski definition) is 1. The van der Waals surface area contributed by atoms with Gasteiger partial charge in [0.05, 0.1) is 11.2 Å². The SMILES string of the molecule is NN(C(=O)C1CC12CCCCC2)c1cccc2ncccc12. The van der Waals surface area contributed by atoms with Crippen LogP contribution in [0.5, 0.6) is 0 Å². The lowest BCUT2D eigenvalue weighted by molar-refractivity contribution is -0.120. The van der Waals surface area contributed by atoms with E-state index in [1.165, 1.54) is 37.1 Å². The van der Waals surface area contributed by atoms with Crippen molar-refractivity contribution in [3.05, 3.63) is 36.5 Å². The lowest BCUT2D eigenvalue weighted by atomic mass is 9.84. The van der Waals surface area contributed by atoms with Crippen LogP contribution in [0.15, 0.2) is 36.5 Å². The summed E-state index contributed by atoms with van der Waals surface area (Å²) in [7, 11) is 0. The van der Waals surface area contributed by atoms with E-state index in [0.29, 0.717) is 0 Å². The predicted molar refractivity (Wildman–Crippen MR) is 87.0 cm³/mol. The van der Waals surface area contributed by atoms with Crippen LogP contribution in [0.4, 0.5) is 5.69 Å². The van der Waals surface area contributed by atoms with Gasteiger partial charge in [-0.3, -0.25) is 9.78 Å². The van der Waals surface area contributed by atoms with Crippen LogP contribution in [-0.4, -0.2) is 10.9 Å². The van der Waals surface area contributed by atoms with Crippen LogP contribution in [0.25, 0.3) is 10.9 Å². The molecule has 2 fully saturated rings. The standard InChI is InChI=1S/C18H21N3O/c19-21(16-8-4-7-15-13(16)6-5-11-20-15)17(22)14-12-18(14)9-2-1-3-10-18/h4-8,11,14H,1-3,9-10,12,19H2. The molecular formula is C18H21N3O. The Morgan fingerprint density at radius 3 is 2.82 bits per heavy atom. The molecule has 1 unspecified atom stereocenters. The van der Waals surface area contributed by atoms with Crippen molar-refractivity contribution in [3.8, 4) is 0 Å². The Labute approximate surface area is 130 Å². The number of nitrogens with zero attached hydrogens (tertiary/aromatic N) is 2. The maximum absolute atomic E-state index is 12.8. The average molecular weight is 295 g/mol. The minimum Gasteiger partial charge on any atom is -0.273 e. The summed E-state index contributed by atoms with van der Waals surface area (Å²) in [5.41, 5.74) is 1.88. The highest BCUT2D eigenvalue weighted by Crippen LogP contribution is 2.61. The van der Waals surface area contributed by atoms with Crippen LogP contribution >= 0.6 is 0 Å². The van der Waals surface area contributed by atoms with E-state index in [-0.39, 0.29) is 17.2 Å². The molecule has 1 atom stereocenters. The van der Waals surface area contributed by atoms with Crippen LogP contribution in [0.2, 0.25) is 0 Å². The highest BCUT2D eigenvalue weighted by molar-refractivity contribution is 6.03. The quantitative estimate of drug-likeness (QED) is 0.524. The van der Waals surface area contributed by atoms with Gasteiger partial charge in [-0.15, -0.1) is 0 Å². The van der Waals surface area contributed by atoms with Crippen molar-refractivity contribution >= 4 is 22.5 Å². The van der Waals surface area contributed by atoms with Gasteiger partial charge in [-0.2, -0.15) is 0 Å². The van der Waals surface area contributed by atoms with E-state index in [1.54, 1.807) is 6.20 Å². The van der Waals surface area contributed by atoms with Crippen molar-refractivity contribution in [1.82, 2.24) is 4.98 Å². The summed E-state index contributed by atoms with van der Waals surface area (Å²) in [5.74, 6) is 6.37. The molecule has 2 aliphatic carbocycles. The number of hydrazine groups is 1. The predicted octanol–water partition coefficient (Wildman–Crippen LogP) is 3.41. The summed E-state index contributed by atoms with van der Waals surface area (Å²) < 4.78 is 0. The normalized spacial score (nSPS) is 22.7. The van der Waals surface area contributed by atoms with Gasteiger partial charge in [0, 0.05) is 17.5 Å². The Kier molecular flexibility index (Phi) is 3.15. The molecule has 4 heteroatoms. The van der Waals surface area contributed by atoms with Gasteiger partial charge in [0.1, 0.15) is 0 Å². The first-order valence-electron chi connectivity index (χ1n) is 8.14. The zero-order chi connectivity index (χ0) is 15.2. The molecule has 114 valence electrons. The Balaban J connectivity index is 1.61. The summed E-state index contributed by atoms with van der Waals surface area (Å²) in [4.78, 5) is 17.1. The lowest BCUT2D eigenvalue weighted by Gasteiger charge is -2.24. The van der Waals surface area contributed by atoms with Gasteiger partial charge in [0.2, 0.25) is 5.91 Å². The molecule has 0 aliphatic heterocycles. The fourth-order valence-corrected chi connectivity index (χ4v) is 4.09. The zero-order valence-electron chi connectivity index (χ0n) is 12.7. The third-order valence-electron chi connectivity index (χ3n) is 5.46. The second-order valence-electron chi connectivity index (χ2n) is 6.74.